The Morgan fingerprint density at radius 2 is 1.95 bits per heavy atom. The summed E-state index contributed by atoms with van der Waals surface area (Å²) >= 11 is 0. The number of benzene rings is 1. The molecule has 110 valence electrons. The van der Waals surface area contributed by atoms with Gasteiger partial charge in [0.05, 0.1) is 11.4 Å². The first-order valence-corrected chi connectivity index (χ1v) is 6.12. The van der Waals surface area contributed by atoms with Crippen LogP contribution in [-0.4, -0.2) is 36.6 Å². The van der Waals surface area contributed by atoms with Gasteiger partial charge in [-0.3, -0.25) is 4.79 Å². The molecule has 1 saturated carbocycles. The summed E-state index contributed by atoms with van der Waals surface area (Å²) in [6, 6.07) is 4.27. The van der Waals surface area contributed by atoms with E-state index in [1.807, 2.05) is 0 Å². The van der Waals surface area contributed by atoms with Crippen molar-refractivity contribution < 1.29 is 18.0 Å². The maximum absolute atomic E-state index is 12.9. The molecule has 7 heteroatoms. The molecule has 0 spiro atoms. The third-order valence-electron chi connectivity index (χ3n) is 3.37. The number of hydrogen-bond donors (Lipinski definition) is 2. The Balaban J connectivity index is 2.22. The number of halogens is 3. The molecule has 1 fully saturated rings. The number of alkyl halides is 3. The van der Waals surface area contributed by atoms with Crippen LogP contribution in [0.4, 0.5) is 24.5 Å². The number of nitrogens with one attached hydrogen (secondary N) is 1. The fourth-order valence-corrected chi connectivity index (χ4v) is 1.93. The van der Waals surface area contributed by atoms with Gasteiger partial charge < -0.3 is 16.0 Å². The lowest BCUT2D eigenvalue weighted by Gasteiger charge is -2.23. The Morgan fingerprint density at radius 1 is 1.35 bits per heavy atom. The molecular weight excluding hydrogens is 271 g/mol. The summed E-state index contributed by atoms with van der Waals surface area (Å²) in [4.78, 5) is 13.1. The Kier molecular flexibility index (Phi) is 3.31. The molecule has 0 unspecified atom stereocenters. The monoisotopic (exact) mass is 287 g/mol. The van der Waals surface area contributed by atoms with Gasteiger partial charge in [0, 0.05) is 19.7 Å². The minimum absolute atomic E-state index is 0.0360. The zero-order valence-corrected chi connectivity index (χ0v) is 11.2. The molecule has 1 aromatic rings. The minimum atomic E-state index is -4.31. The molecule has 20 heavy (non-hydrogen) atoms. The van der Waals surface area contributed by atoms with E-state index in [4.69, 9.17) is 5.73 Å². The second-order valence-corrected chi connectivity index (χ2v) is 5.21. The predicted octanol–water partition coefficient (Wildman–Crippen LogP) is 2.48. The number of amides is 1. The highest BCUT2D eigenvalue weighted by Crippen LogP contribution is 2.51. The lowest BCUT2D eigenvalue weighted by molar-refractivity contribution is -0.151. The predicted molar refractivity (Wildman–Crippen MR) is 70.5 cm³/mol. The summed E-state index contributed by atoms with van der Waals surface area (Å²) in [5.41, 5.74) is 4.55. The lowest BCUT2D eigenvalue weighted by atomic mass is 10.1. The second kappa shape index (κ2) is 4.57. The average molecular weight is 287 g/mol. The number of carbonyl (C=O) groups excluding carboxylic acids is 1. The number of nitrogens with two attached hydrogens (primary N) is 1. The van der Waals surface area contributed by atoms with E-state index in [0.29, 0.717) is 5.56 Å². The van der Waals surface area contributed by atoms with Gasteiger partial charge in [0.25, 0.3) is 5.91 Å². The van der Waals surface area contributed by atoms with Crippen molar-refractivity contribution in [3.8, 4) is 0 Å². The largest absolute Gasteiger partial charge is 0.411 e. The Labute approximate surface area is 114 Å². The van der Waals surface area contributed by atoms with Gasteiger partial charge >= 0.3 is 6.18 Å². The zero-order chi connectivity index (χ0) is 15.1. The van der Waals surface area contributed by atoms with Crippen molar-refractivity contribution in [1.82, 2.24) is 4.90 Å². The highest BCUT2D eigenvalue weighted by atomic mass is 19.4. The van der Waals surface area contributed by atoms with E-state index in [1.165, 1.54) is 23.1 Å². The van der Waals surface area contributed by atoms with E-state index >= 15 is 0 Å². The summed E-state index contributed by atoms with van der Waals surface area (Å²) in [6.07, 6.45) is -4.24. The van der Waals surface area contributed by atoms with Crippen LogP contribution in [0.1, 0.15) is 23.2 Å². The van der Waals surface area contributed by atoms with Gasteiger partial charge in [-0.2, -0.15) is 13.2 Å². The van der Waals surface area contributed by atoms with E-state index in [-0.39, 0.29) is 30.1 Å². The smallest absolute Gasteiger partial charge is 0.397 e. The zero-order valence-electron chi connectivity index (χ0n) is 11.2. The topological polar surface area (TPSA) is 58.4 Å². The fraction of sp³-hybridized carbons (Fsp3) is 0.462. The standard InChI is InChI=1S/C13H16F3N3O/c1-19(2)11(20)8-3-4-10(9(17)7-8)18-12(5-6-12)13(14,15)16/h3-4,7,18H,5-6,17H2,1-2H3. The Morgan fingerprint density at radius 3 is 2.35 bits per heavy atom. The van der Waals surface area contributed by atoms with E-state index in [0.717, 1.165) is 0 Å². The number of rotatable bonds is 3. The van der Waals surface area contributed by atoms with Crippen LogP contribution in [0.15, 0.2) is 18.2 Å². The molecule has 2 rings (SSSR count). The summed E-state index contributed by atoms with van der Waals surface area (Å²) in [5, 5.41) is 2.46. The van der Waals surface area contributed by atoms with Gasteiger partial charge in [0.15, 0.2) is 0 Å². The molecule has 0 atom stereocenters. The van der Waals surface area contributed by atoms with Crippen LogP contribution >= 0.6 is 0 Å². The van der Waals surface area contributed by atoms with Crippen LogP contribution in [0.3, 0.4) is 0 Å². The fourth-order valence-electron chi connectivity index (χ4n) is 1.93. The van der Waals surface area contributed by atoms with Crippen molar-refractivity contribution in [2.24, 2.45) is 0 Å². The molecule has 1 aromatic carbocycles. The highest BCUT2D eigenvalue weighted by Gasteiger charge is 2.63. The molecule has 1 amide bonds. The molecule has 0 saturated heterocycles. The van der Waals surface area contributed by atoms with Crippen LogP contribution in [0.5, 0.6) is 0 Å². The molecule has 1 aliphatic carbocycles. The number of nitrogen functional groups attached to an aromatic ring is 1. The molecule has 0 bridgehead atoms. The summed E-state index contributed by atoms with van der Waals surface area (Å²) < 4.78 is 38.6. The maximum atomic E-state index is 12.9. The first-order valence-electron chi connectivity index (χ1n) is 6.12. The lowest BCUT2D eigenvalue weighted by Crippen LogP contribution is -2.38. The van der Waals surface area contributed by atoms with Crippen molar-refractivity contribution >= 4 is 17.3 Å². The van der Waals surface area contributed by atoms with E-state index in [2.05, 4.69) is 5.32 Å². The van der Waals surface area contributed by atoms with Crippen molar-refractivity contribution in [1.29, 1.82) is 0 Å². The molecule has 0 radical (unpaired) electrons. The quantitative estimate of drug-likeness (QED) is 0.840. The van der Waals surface area contributed by atoms with Crippen LogP contribution in [0.2, 0.25) is 0 Å². The normalized spacial score (nSPS) is 16.6. The molecular formula is C13H16F3N3O. The Bertz CT molecular complexity index is 536. The number of nitrogens with zero attached hydrogens (tertiary/aromatic N) is 1. The molecule has 0 aliphatic heterocycles. The van der Waals surface area contributed by atoms with Gasteiger partial charge in [0.2, 0.25) is 0 Å². The first kappa shape index (κ1) is 14.5. The van der Waals surface area contributed by atoms with Gasteiger partial charge in [-0.05, 0) is 31.0 Å². The SMILES string of the molecule is CN(C)C(=O)c1ccc(NC2(C(F)(F)F)CC2)c(N)c1. The summed E-state index contributed by atoms with van der Waals surface area (Å²) in [6.45, 7) is 0. The average Bonchev–Trinajstić information content (AvgIpc) is 3.11. The third-order valence-corrected chi connectivity index (χ3v) is 3.37. The molecule has 0 heterocycles. The van der Waals surface area contributed by atoms with Crippen molar-refractivity contribution in [3.63, 3.8) is 0 Å². The summed E-state index contributed by atoms with van der Waals surface area (Å²) in [7, 11) is 3.18. The highest BCUT2D eigenvalue weighted by molar-refractivity contribution is 5.95. The van der Waals surface area contributed by atoms with Crippen molar-refractivity contribution in [2.75, 3.05) is 25.1 Å². The van der Waals surface area contributed by atoms with Gasteiger partial charge in [-0.1, -0.05) is 0 Å². The first-order chi connectivity index (χ1) is 9.16. The van der Waals surface area contributed by atoms with E-state index in [1.54, 1.807) is 14.1 Å². The minimum Gasteiger partial charge on any atom is -0.397 e. The second-order valence-electron chi connectivity index (χ2n) is 5.21. The van der Waals surface area contributed by atoms with Gasteiger partial charge in [0.1, 0.15) is 5.54 Å². The maximum Gasteiger partial charge on any atom is 0.411 e. The van der Waals surface area contributed by atoms with E-state index < -0.39 is 11.7 Å². The van der Waals surface area contributed by atoms with Gasteiger partial charge in [-0.25, -0.2) is 0 Å². The molecule has 1 aliphatic rings. The van der Waals surface area contributed by atoms with Crippen LogP contribution in [0.25, 0.3) is 0 Å². The van der Waals surface area contributed by atoms with Crippen LogP contribution in [0, 0.1) is 0 Å². The van der Waals surface area contributed by atoms with E-state index in [9.17, 15) is 18.0 Å². The number of hydrogen-bond acceptors (Lipinski definition) is 3. The number of anilines is 2. The Hall–Kier alpha value is -1.92. The van der Waals surface area contributed by atoms with Gasteiger partial charge in [-0.15, -0.1) is 0 Å². The van der Waals surface area contributed by atoms with Crippen LogP contribution in [-0.2, 0) is 0 Å². The van der Waals surface area contributed by atoms with Crippen LogP contribution < -0.4 is 11.1 Å². The third kappa shape index (κ3) is 2.52. The summed E-state index contributed by atoms with van der Waals surface area (Å²) in [5.74, 6) is -0.250. The molecule has 0 aromatic heterocycles. The van der Waals surface area contributed by atoms with Crippen molar-refractivity contribution in [2.45, 2.75) is 24.6 Å². The molecule has 4 nitrogen and oxygen atoms in total. The molecule has 3 N–H and O–H groups in total. The number of carbonyl (C=O) groups is 1. The van der Waals surface area contributed by atoms with Crippen molar-refractivity contribution in [3.05, 3.63) is 23.8 Å².